The number of halogens is 1. The van der Waals surface area contributed by atoms with Gasteiger partial charge in [0.05, 0.1) is 11.0 Å². The van der Waals surface area contributed by atoms with E-state index in [1.165, 1.54) is 5.52 Å². The number of nitrogens with zero attached hydrogens (tertiary/aromatic N) is 2. The topological polar surface area (TPSA) is 43.8 Å². The maximum Gasteiger partial charge on any atom is 0.111 e. The first-order chi connectivity index (χ1) is 8.13. The summed E-state index contributed by atoms with van der Waals surface area (Å²) in [5, 5.41) is 0. The summed E-state index contributed by atoms with van der Waals surface area (Å²) in [5.74, 6) is 1.11. The summed E-state index contributed by atoms with van der Waals surface area (Å²) in [6.45, 7) is 6.50. The van der Waals surface area contributed by atoms with Crippen LogP contribution in [0.3, 0.4) is 0 Å². The van der Waals surface area contributed by atoms with Crippen LogP contribution in [0.15, 0.2) is 24.3 Å². The lowest BCUT2D eigenvalue weighted by atomic mass is 10.1. The second kappa shape index (κ2) is 6.21. The van der Waals surface area contributed by atoms with E-state index in [9.17, 15) is 0 Å². The van der Waals surface area contributed by atoms with Crippen LogP contribution in [0.1, 0.15) is 39.1 Å². The van der Waals surface area contributed by atoms with Gasteiger partial charge in [-0.1, -0.05) is 19.1 Å². The molecule has 1 aromatic carbocycles. The third-order valence-corrected chi connectivity index (χ3v) is 3.15. The minimum absolute atomic E-state index is 0. The molecule has 18 heavy (non-hydrogen) atoms. The molecule has 1 unspecified atom stereocenters. The summed E-state index contributed by atoms with van der Waals surface area (Å²) in [5.41, 5.74) is 8.32. The highest BCUT2D eigenvalue weighted by molar-refractivity contribution is 5.85. The van der Waals surface area contributed by atoms with E-state index in [1.54, 1.807) is 0 Å². The van der Waals surface area contributed by atoms with Crippen molar-refractivity contribution in [2.24, 2.45) is 5.73 Å². The van der Waals surface area contributed by atoms with Crippen molar-refractivity contribution in [1.29, 1.82) is 0 Å². The molecule has 0 bridgehead atoms. The van der Waals surface area contributed by atoms with Gasteiger partial charge in [0, 0.05) is 18.5 Å². The van der Waals surface area contributed by atoms with Crippen LogP contribution in [0, 0.1) is 0 Å². The number of rotatable bonds is 4. The number of fused-ring (bicyclic) bond motifs is 1. The lowest BCUT2D eigenvalue weighted by Gasteiger charge is -2.15. The molecule has 0 aliphatic carbocycles. The highest BCUT2D eigenvalue weighted by atomic mass is 35.5. The minimum atomic E-state index is 0. The van der Waals surface area contributed by atoms with Gasteiger partial charge < -0.3 is 10.3 Å². The molecule has 2 N–H and O–H groups in total. The summed E-state index contributed by atoms with van der Waals surface area (Å²) in [4.78, 5) is 4.70. The Morgan fingerprint density at radius 2 is 1.94 bits per heavy atom. The first kappa shape index (κ1) is 15.0. The summed E-state index contributed by atoms with van der Waals surface area (Å²) >= 11 is 0. The number of para-hydroxylation sites is 2. The third kappa shape index (κ3) is 2.85. The van der Waals surface area contributed by atoms with Crippen molar-refractivity contribution in [2.75, 3.05) is 0 Å². The first-order valence-corrected chi connectivity index (χ1v) is 6.35. The number of benzene rings is 1. The molecular formula is C14H22ClN3. The molecule has 2 rings (SSSR count). The van der Waals surface area contributed by atoms with E-state index in [1.807, 2.05) is 6.07 Å². The molecule has 0 fully saturated rings. The van der Waals surface area contributed by atoms with Crippen molar-refractivity contribution in [2.45, 2.75) is 45.7 Å². The van der Waals surface area contributed by atoms with Crippen molar-refractivity contribution in [1.82, 2.24) is 9.55 Å². The van der Waals surface area contributed by atoms with E-state index in [4.69, 9.17) is 10.7 Å². The van der Waals surface area contributed by atoms with Crippen LogP contribution >= 0.6 is 12.4 Å². The van der Waals surface area contributed by atoms with Gasteiger partial charge in [-0.25, -0.2) is 4.98 Å². The molecule has 1 atom stereocenters. The van der Waals surface area contributed by atoms with Crippen LogP contribution in [0.5, 0.6) is 0 Å². The van der Waals surface area contributed by atoms with Gasteiger partial charge in [0.15, 0.2) is 0 Å². The molecule has 0 aliphatic heterocycles. The van der Waals surface area contributed by atoms with E-state index >= 15 is 0 Å². The lowest BCUT2D eigenvalue weighted by Crippen LogP contribution is -2.24. The van der Waals surface area contributed by atoms with Crippen molar-refractivity contribution in [3.05, 3.63) is 30.1 Å². The summed E-state index contributed by atoms with van der Waals surface area (Å²) in [7, 11) is 0. The molecule has 0 radical (unpaired) electrons. The van der Waals surface area contributed by atoms with Crippen molar-refractivity contribution >= 4 is 23.4 Å². The third-order valence-electron chi connectivity index (χ3n) is 3.15. The van der Waals surface area contributed by atoms with Gasteiger partial charge in [-0.05, 0) is 32.4 Å². The Bertz CT molecular complexity index is 505. The zero-order valence-corrected chi connectivity index (χ0v) is 12.1. The molecule has 0 aliphatic rings. The smallest absolute Gasteiger partial charge is 0.111 e. The summed E-state index contributed by atoms with van der Waals surface area (Å²) in [6.07, 6.45) is 1.84. The highest BCUT2D eigenvalue weighted by Crippen LogP contribution is 2.21. The van der Waals surface area contributed by atoms with Crippen LogP contribution in [-0.2, 0) is 6.42 Å². The van der Waals surface area contributed by atoms with Gasteiger partial charge in [-0.15, -0.1) is 12.4 Å². The molecule has 0 saturated carbocycles. The Morgan fingerprint density at radius 1 is 1.28 bits per heavy atom. The fourth-order valence-corrected chi connectivity index (χ4v) is 2.19. The number of imidazole rings is 1. The number of hydrogen-bond acceptors (Lipinski definition) is 2. The quantitative estimate of drug-likeness (QED) is 0.924. The number of nitrogens with two attached hydrogens (primary N) is 1. The van der Waals surface area contributed by atoms with Gasteiger partial charge in [0.25, 0.3) is 0 Å². The van der Waals surface area contributed by atoms with Crippen LogP contribution in [0.2, 0.25) is 0 Å². The van der Waals surface area contributed by atoms with Crippen molar-refractivity contribution in [3.63, 3.8) is 0 Å². The predicted molar refractivity (Wildman–Crippen MR) is 79.3 cm³/mol. The highest BCUT2D eigenvalue weighted by Gasteiger charge is 2.14. The predicted octanol–water partition coefficient (Wildman–Crippen LogP) is 3.32. The van der Waals surface area contributed by atoms with Crippen LogP contribution in [-0.4, -0.2) is 15.6 Å². The molecule has 3 nitrogen and oxygen atoms in total. The molecule has 1 aromatic heterocycles. The Labute approximate surface area is 115 Å². The van der Waals surface area contributed by atoms with E-state index in [-0.39, 0.29) is 18.4 Å². The SMILES string of the molecule is CCC(N)Cc1nc2ccccc2n1C(C)C.Cl. The van der Waals surface area contributed by atoms with Gasteiger partial charge in [0.2, 0.25) is 0 Å². The van der Waals surface area contributed by atoms with E-state index in [0.717, 1.165) is 24.2 Å². The Morgan fingerprint density at radius 3 is 2.56 bits per heavy atom. The Hall–Kier alpha value is -1.06. The number of hydrogen-bond donors (Lipinski definition) is 1. The summed E-state index contributed by atoms with van der Waals surface area (Å²) < 4.78 is 2.30. The van der Waals surface area contributed by atoms with Crippen molar-refractivity contribution in [3.8, 4) is 0 Å². The number of aromatic nitrogens is 2. The standard InChI is InChI=1S/C14H21N3.ClH/c1-4-11(15)9-14-16-12-7-5-6-8-13(12)17(14)10(2)3;/h5-8,10-11H,4,9,15H2,1-3H3;1H. The molecular weight excluding hydrogens is 246 g/mol. The van der Waals surface area contributed by atoms with Gasteiger partial charge in [0.1, 0.15) is 5.82 Å². The molecule has 0 amide bonds. The normalized spacial score (nSPS) is 12.7. The second-order valence-corrected chi connectivity index (χ2v) is 4.85. The summed E-state index contributed by atoms with van der Waals surface area (Å²) in [6, 6.07) is 8.90. The van der Waals surface area contributed by atoms with Gasteiger partial charge in [-0.2, -0.15) is 0 Å². The van der Waals surface area contributed by atoms with Gasteiger partial charge in [-0.3, -0.25) is 0 Å². The molecule has 0 saturated heterocycles. The Kier molecular flexibility index (Phi) is 5.17. The molecule has 100 valence electrons. The zero-order valence-electron chi connectivity index (χ0n) is 11.3. The molecule has 2 aromatic rings. The van der Waals surface area contributed by atoms with Crippen LogP contribution < -0.4 is 5.73 Å². The maximum absolute atomic E-state index is 6.04. The average Bonchev–Trinajstić information content (AvgIpc) is 2.66. The zero-order chi connectivity index (χ0) is 12.4. The van der Waals surface area contributed by atoms with E-state index < -0.39 is 0 Å². The Balaban J connectivity index is 0.00000162. The van der Waals surface area contributed by atoms with Crippen LogP contribution in [0.25, 0.3) is 11.0 Å². The van der Waals surface area contributed by atoms with Crippen molar-refractivity contribution < 1.29 is 0 Å². The molecule has 0 spiro atoms. The van der Waals surface area contributed by atoms with Crippen LogP contribution in [0.4, 0.5) is 0 Å². The monoisotopic (exact) mass is 267 g/mol. The first-order valence-electron chi connectivity index (χ1n) is 6.35. The average molecular weight is 268 g/mol. The second-order valence-electron chi connectivity index (χ2n) is 4.85. The maximum atomic E-state index is 6.04. The lowest BCUT2D eigenvalue weighted by molar-refractivity contribution is 0.547. The molecule has 1 heterocycles. The fraction of sp³-hybridized carbons (Fsp3) is 0.500. The van der Waals surface area contributed by atoms with E-state index in [2.05, 4.69) is 43.5 Å². The fourth-order valence-electron chi connectivity index (χ4n) is 2.19. The van der Waals surface area contributed by atoms with Gasteiger partial charge >= 0.3 is 0 Å². The van der Waals surface area contributed by atoms with E-state index in [0.29, 0.717) is 6.04 Å². The minimum Gasteiger partial charge on any atom is -0.327 e. The molecule has 4 heteroatoms. The largest absolute Gasteiger partial charge is 0.327 e.